The van der Waals surface area contributed by atoms with E-state index < -0.39 is 12.0 Å². The fraction of sp³-hybridized carbons (Fsp3) is 0.194. The second kappa shape index (κ2) is 12.2. The molecule has 5 rings (SSSR count). The Morgan fingerprint density at radius 3 is 2.61 bits per heavy atom. The minimum absolute atomic E-state index is 0.0777. The number of esters is 1. The predicted octanol–water partition coefficient (Wildman–Crippen LogP) is 5.29. The van der Waals surface area contributed by atoms with E-state index in [4.69, 9.17) is 14.2 Å². The van der Waals surface area contributed by atoms with Crippen LogP contribution in [0.25, 0.3) is 6.08 Å². The Hall–Kier alpha value is -4.02. The number of hydrogen-bond acceptors (Lipinski definition) is 7. The van der Waals surface area contributed by atoms with Gasteiger partial charge in [0.15, 0.2) is 4.80 Å². The van der Waals surface area contributed by atoms with E-state index in [0.717, 1.165) is 5.56 Å². The minimum Gasteiger partial charge on any atom is -0.496 e. The van der Waals surface area contributed by atoms with Gasteiger partial charge in [-0.25, -0.2) is 14.2 Å². The van der Waals surface area contributed by atoms with Crippen LogP contribution in [0.2, 0.25) is 0 Å². The molecular formula is C31H26BrFN2O5S. The molecule has 0 saturated heterocycles. The second-order valence-electron chi connectivity index (χ2n) is 9.11. The number of fused-ring (bicyclic) bond motifs is 1. The number of aromatic nitrogens is 1. The number of nitrogens with zero attached hydrogens (tertiary/aromatic N) is 2. The van der Waals surface area contributed by atoms with Crippen molar-refractivity contribution in [2.24, 2.45) is 4.99 Å². The van der Waals surface area contributed by atoms with Crippen LogP contribution in [0.5, 0.6) is 11.5 Å². The smallest absolute Gasteiger partial charge is 0.338 e. The molecule has 1 aromatic heterocycles. The van der Waals surface area contributed by atoms with E-state index >= 15 is 0 Å². The Balaban J connectivity index is 1.55. The zero-order valence-electron chi connectivity index (χ0n) is 22.5. The number of ether oxygens (including phenoxy) is 3. The van der Waals surface area contributed by atoms with Crippen LogP contribution in [-0.4, -0.2) is 24.3 Å². The van der Waals surface area contributed by atoms with Crippen LogP contribution in [0, 0.1) is 5.82 Å². The number of methoxy groups -OCH3 is 1. The lowest BCUT2D eigenvalue weighted by atomic mass is 9.95. The van der Waals surface area contributed by atoms with Gasteiger partial charge in [0.1, 0.15) is 30.0 Å². The summed E-state index contributed by atoms with van der Waals surface area (Å²) in [6, 6.07) is 18.3. The Bertz CT molecular complexity index is 1850. The number of thiazole rings is 1. The highest BCUT2D eigenvalue weighted by Gasteiger charge is 2.34. The van der Waals surface area contributed by atoms with Gasteiger partial charge in [-0.15, -0.1) is 0 Å². The SMILES string of the molecule is CCOC(=O)C1=C(C)N=c2s/c(=C\c3ccc(OCc4ccccc4F)c(Br)c3)c(=O)n2[C@@H]1c1ccccc1OC. The summed E-state index contributed by atoms with van der Waals surface area (Å²) in [6.07, 6.45) is 1.76. The normalized spacial score (nSPS) is 14.9. The van der Waals surface area contributed by atoms with Crippen molar-refractivity contribution in [3.8, 4) is 11.5 Å². The largest absolute Gasteiger partial charge is 0.496 e. The van der Waals surface area contributed by atoms with Gasteiger partial charge in [0.05, 0.1) is 34.0 Å². The van der Waals surface area contributed by atoms with Crippen molar-refractivity contribution in [3.63, 3.8) is 0 Å². The van der Waals surface area contributed by atoms with E-state index in [2.05, 4.69) is 20.9 Å². The molecule has 0 N–H and O–H groups in total. The number of halogens is 2. The van der Waals surface area contributed by atoms with Gasteiger partial charge in [0.2, 0.25) is 0 Å². The molecule has 0 fully saturated rings. The highest BCUT2D eigenvalue weighted by molar-refractivity contribution is 9.10. The predicted molar refractivity (Wildman–Crippen MR) is 158 cm³/mol. The third-order valence-electron chi connectivity index (χ3n) is 6.55. The first-order valence-electron chi connectivity index (χ1n) is 12.8. The lowest BCUT2D eigenvalue weighted by molar-refractivity contribution is -0.139. The Morgan fingerprint density at radius 2 is 1.88 bits per heavy atom. The van der Waals surface area contributed by atoms with Crippen LogP contribution in [0.1, 0.15) is 36.6 Å². The van der Waals surface area contributed by atoms with Crippen molar-refractivity contribution in [1.82, 2.24) is 4.57 Å². The number of rotatable bonds is 8. The topological polar surface area (TPSA) is 79.1 Å². The van der Waals surface area contributed by atoms with Crippen LogP contribution in [0.15, 0.2) is 92.3 Å². The Labute approximate surface area is 248 Å². The Kier molecular flexibility index (Phi) is 8.51. The highest BCUT2D eigenvalue weighted by Crippen LogP contribution is 2.35. The van der Waals surface area contributed by atoms with E-state index in [1.165, 1.54) is 22.0 Å². The molecule has 3 aromatic carbocycles. The zero-order chi connectivity index (χ0) is 29.1. The zero-order valence-corrected chi connectivity index (χ0v) is 24.9. The van der Waals surface area contributed by atoms with Gasteiger partial charge in [-0.2, -0.15) is 0 Å². The maximum atomic E-state index is 14.0. The van der Waals surface area contributed by atoms with Gasteiger partial charge in [0.25, 0.3) is 5.56 Å². The van der Waals surface area contributed by atoms with Crippen LogP contribution < -0.4 is 24.4 Å². The maximum absolute atomic E-state index is 14.0. The number of carbonyl (C=O) groups is 1. The molecular weight excluding hydrogens is 611 g/mol. The van der Waals surface area contributed by atoms with E-state index in [1.54, 1.807) is 57.4 Å². The molecule has 0 bridgehead atoms. The summed E-state index contributed by atoms with van der Waals surface area (Å²) in [5.74, 6) is 0.216. The van der Waals surface area contributed by atoms with E-state index in [0.29, 0.717) is 42.1 Å². The summed E-state index contributed by atoms with van der Waals surface area (Å²) in [5, 5.41) is 0. The van der Waals surface area contributed by atoms with Crippen LogP contribution >= 0.6 is 27.3 Å². The molecule has 210 valence electrons. The molecule has 7 nitrogen and oxygen atoms in total. The first kappa shape index (κ1) is 28.5. The molecule has 0 unspecified atom stereocenters. The third-order valence-corrected chi connectivity index (χ3v) is 8.15. The number of benzene rings is 3. The van der Waals surface area contributed by atoms with E-state index in [9.17, 15) is 14.0 Å². The molecule has 41 heavy (non-hydrogen) atoms. The van der Waals surface area contributed by atoms with Gasteiger partial charge in [-0.1, -0.05) is 53.8 Å². The summed E-state index contributed by atoms with van der Waals surface area (Å²) < 4.78 is 33.4. The first-order chi connectivity index (χ1) is 19.8. The molecule has 0 saturated carbocycles. The number of para-hydroxylation sites is 1. The average Bonchev–Trinajstić information content (AvgIpc) is 3.26. The van der Waals surface area contributed by atoms with E-state index in [1.807, 2.05) is 30.3 Å². The summed E-state index contributed by atoms with van der Waals surface area (Å²) >= 11 is 4.75. The molecule has 4 aromatic rings. The molecule has 1 aliphatic rings. The minimum atomic E-state index is -0.774. The van der Waals surface area contributed by atoms with Gasteiger partial charge >= 0.3 is 5.97 Å². The van der Waals surface area contributed by atoms with Crippen molar-refractivity contribution < 1.29 is 23.4 Å². The Morgan fingerprint density at radius 1 is 1.12 bits per heavy atom. The average molecular weight is 638 g/mol. The van der Waals surface area contributed by atoms with Gasteiger partial charge in [-0.05, 0) is 65.7 Å². The quantitative estimate of drug-likeness (QED) is 0.246. The molecule has 10 heteroatoms. The van der Waals surface area contributed by atoms with Crippen LogP contribution in [0.4, 0.5) is 4.39 Å². The fourth-order valence-corrected chi connectivity index (χ4v) is 6.18. The van der Waals surface area contributed by atoms with Crippen LogP contribution in [0.3, 0.4) is 0 Å². The molecule has 0 aliphatic carbocycles. The first-order valence-corrected chi connectivity index (χ1v) is 14.4. The molecule has 2 heterocycles. The monoisotopic (exact) mass is 636 g/mol. The van der Waals surface area contributed by atoms with E-state index in [-0.39, 0.29) is 30.2 Å². The maximum Gasteiger partial charge on any atom is 0.338 e. The highest BCUT2D eigenvalue weighted by atomic mass is 79.9. The lowest BCUT2D eigenvalue weighted by Gasteiger charge is -2.25. The lowest BCUT2D eigenvalue weighted by Crippen LogP contribution is -2.40. The van der Waals surface area contributed by atoms with Crippen LogP contribution in [-0.2, 0) is 16.1 Å². The van der Waals surface area contributed by atoms with Crippen molar-refractivity contribution in [3.05, 3.63) is 125 Å². The van der Waals surface area contributed by atoms with Crippen molar-refractivity contribution in [1.29, 1.82) is 0 Å². The summed E-state index contributed by atoms with van der Waals surface area (Å²) in [5.41, 5.74) is 2.32. The summed E-state index contributed by atoms with van der Waals surface area (Å²) in [6.45, 7) is 3.74. The summed E-state index contributed by atoms with van der Waals surface area (Å²) in [7, 11) is 1.55. The van der Waals surface area contributed by atoms with Crippen molar-refractivity contribution in [2.75, 3.05) is 13.7 Å². The summed E-state index contributed by atoms with van der Waals surface area (Å²) in [4.78, 5) is 32.1. The van der Waals surface area contributed by atoms with Gasteiger partial charge < -0.3 is 14.2 Å². The van der Waals surface area contributed by atoms with Crippen molar-refractivity contribution >= 4 is 39.3 Å². The molecule has 0 spiro atoms. The van der Waals surface area contributed by atoms with Gasteiger partial charge in [-0.3, -0.25) is 9.36 Å². The molecule has 0 radical (unpaired) electrons. The third kappa shape index (κ3) is 5.75. The second-order valence-corrected chi connectivity index (χ2v) is 11.0. The number of carbonyl (C=O) groups excluding carboxylic acids is 1. The number of allylic oxidation sites excluding steroid dienone is 1. The number of hydrogen-bond donors (Lipinski definition) is 0. The van der Waals surface area contributed by atoms with Crippen molar-refractivity contribution in [2.45, 2.75) is 26.5 Å². The molecule has 1 atom stereocenters. The molecule has 1 aliphatic heterocycles. The van der Waals surface area contributed by atoms with Gasteiger partial charge in [0, 0.05) is 11.1 Å². The fourth-order valence-electron chi connectivity index (χ4n) is 4.62. The standard InChI is InChI=1S/C31H26BrFN2O5S/c1-4-39-30(37)27-18(2)34-31-35(28(27)21-10-6-8-12-24(21)38-3)29(36)26(41-31)16-19-13-14-25(22(32)15-19)40-17-20-9-5-7-11-23(20)33/h5-16,28H,4,17H2,1-3H3/b26-16-/t28-/m1/s1. The molecule has 0 amide bonds.